The molecule has 5 nitrogen and oxygen atoms in total. The first-order valence-corrected chi connectivity index (χ1v) is 11.2. The molecule has 0 heterocycles. The van der Waals surface area contributed by atoms with Crippen LogP contribution in [-0.4, -0.2) is 23.0 Å². The maximum atomic E-state index is 12.8. The molecule has 9 heteroatoms. The maximum absolute atomic E-state index is 12.8. The summed E-state index contributed by atoms with van der Waals surface area (Å²) in [5, 5.41) is 0.341. The minimum Gasteiger partial charge on any atom is -0.449 e. The Morgan fingerprint density at radius 3 is 1.96 bits per heavy atom. The van der Waals surface area contributed by atoms with E-state index in [0.717, 1.165) is 0 Å². The number of rotatable bonds is 8. The van der Waals surface area contributed by atoms with Gasteiger partial charge in [-0.1, -0.05) is 65.1 Å². The molecule has 0 N–H and O–H groups in total. The Morgan fingerprint density at radius 2 is 1.50 bits per heavy atom. The highest BCUT2D eigenvalue weighted by Crippen LogP contribution is 2.47. The standard InChI is InChI=1S/C19H20Cl3O5P/c1-3-25-28(24,26-4-2)16-12-10-15(11-13-16)18(23)27-17(19(20,21)22)14-8-6-5-7-9-14/h5-13,17H,3-4H2,1-2H3. The summed E-state index contributed by atoms with van der Waals surface area (Å²) >= 11 is 18.0. The maximum Gasteiger partial charge on any atom is 0.361 e. The molecule has 1 atom stereocenters. The molecule has 0 aliphatic carbocycles. The molecule has 152 valence electrons. The van der Waals surface area contributed by atoms with Crippen LogP contribution in [-0.2, 0) is 18.3 Å². The molecule has 0 aliphatic rings. The van der Waals surface area contributed by atoms with Crippen molar-refractivity contribution in [2.45, 2.75) is 23.7 Å². The van der Waals surface area contributed by atoms with E-state index in [2.05, 4.69) is 0 Å². The van der Waals surface area contributed by atoms with Crippen LogP contribution in [0, 0.1) is 0 Å². The van der Waals surface area contributed by atoms with Gasteiger partial charge in [-0.05, 0) is 43.7 Å². The summed E-state index contributed by atoms with van der Waals surface area (Å²) in [7, 11) is -3.44. The van der Waals surface area contributed by atoms with E-state index in [1.807, 2.05) is 0 Å². The Morgan fingerprint density at radius 1 is 0.964 bits per heavy atom. The van der Waals surface area contributed by atoms with Gasteiger partial charge in [-0.15, -0.1) is 0 Å². The lowest BCUT2D eigenvalue weighted by molar-refractivity contribution is 0.0304. The van der Waals surface area contributed by atoms with Gasteiger partial charge in [0.1, 0.15) is 0 Å². The van der Waals surface area contributed by atoms with E-state index in [4.69, 9.17) is 48.6 Å². The number of ether oxygens (including phenoxy) is 1. The van der Waals surface area contributed by atoms with Crippen molar-refractivity contribution in [3.05, 3.63) is 65.7 Å². The third-order valence-corrected chi connectivity index (χ3v) is 6.36. The van der Waals surface area contributed by atoms with Crippen LogP contribution in [0.15, 0.2) is 54.6 Å². The minimum absolute atomic E-state index is 0.207. The van der Waals surface area contributed by atoms with E-state index >= 15 is 0 Å². The Hall–Kier alpha value is -1.07. The number of benzene rings is 2. The number of halogens is 3. The van der Waals surface area contributed by atoms with E-state index in [1.54, 1.807) is 44.2 Å². The number of carbonyl (C=O) groups is 1. The molecule has 0 aromatic heterocycles. The minimum atomic E-state index is -3.44. The third kappa shape index (κ3) is 5.96. The van der Waals surface area contributed by atoms with Gasteiger partial charge < -0.3 is 13.8 Å². The van der Waals surface area contributed by atoms with Crippen molar-refractivity contribution in [1.82, 2.24) is 0 Å². The molecular formula is C19H20Cl3O5P. The first-order chi connectivity index (χ1) is 13.2. The molecule has 0 aliphatic heterocycles. The zero-order valence-corrected chi connectivity index (χ0v) is 18.5. The molecule has 0 radical (unpaired) electrons. The SMILES string of the molecule is CCOP(=O)(OCC)c1ccc(C(=O)OC(c2ccccc2)C(Cl)(Cl)Cl)cc1. The van der Waals surface area contributed by atoms with Crippen molar-refractivity contribution < 1.29 is 23.1 Å². The monoisotopic (exact) mass is 464 g/mol. The lowest BCUT2D eigenvalue weighted by Crippen LogP contribution is -2.23. The first kappa shape index (κ1) is 23.2. The van der Waals surface area contributed by atoms with Gasteiger partial charge in [0.2, 0.25) is 3.79 Å². The average molecular weight is 466 g/mol. The molecule has 0 fully saturated rings. The van der Waals surface area contributed by atoms with Crippen LogP contribution >= 0.6 is 42.4 Å². The quantitative estimate of drug-likeness (QED) is 0.278. The van der Waals surface area contributed by atoms with Gasteiger partial charge >= 0.3 is 13.6 Å². The molecular weight excluding hydrogens is 446 g/mol. The normalized spacial score (nSPS) is 13.2. The lowest BCUT2D eigenvalue weighted by Gasteiger charge is -2.25. The highest BCUT2D eigenvalue weighted by atomic mass is 35.6. The first-order valence-electron chi connectivity index (χ1n) is 8.53. The van der Waals surface area contributed by atoms with Crippen LogP contribution in [0.2, 0.25) is 0 Å². The smallest absolute Gasteiger partial charge is 0.361 e. The fraction of sp³-hybridized carbons (Fsp3) is 0.316. The van der Waals surface area contributed by atoms with E-state index in [9.17, 15) is 9.36 Å². The number of hydrogen-bond acceptors (Lipinski definition) is 5. The summed E-state index contributed by atoms with van der Waals surface area (Å²) in [6.45, 7) is 3.89. The molecule has 0 saturated heterocycles. The second-order valence-electron chi connectivity index (χ2n) is 5.62. The molecule has 1 unspecified atom stereocenters. The van der Waals surface area contributed by atoms with Crippen molar-refractivity contribution >= 4 is 53.7 Å². The highest BCUT2D eigenvalue weighted by Gasteiger charge is 2.37. The fourth-order valence-corrected chi connectivity index (χ4v) is 4.51. The zero-order valence-electron chi connectivity index (χ0n) is 15.3. The molecule has 2 aromatic carbocycles. The molecule has 2 aromatic rings. The summed E-state index contributed by atoms with van der Waals surface area (Å²) in [5.74, 6) is -0.686. The molecule has 0 amide bonds. The van der Waals surface area contributed by atoms with Crippen molar-refractivity contribution in [1.29, 1.82) is 0 Å². The van der Waals surface area contributed by atoms with Gasteiger partial charge in [-0.25, -0.2) is 4.79 Å². The summed E-state index contributed by atoms with van der Waals surface area (Å²) < 4.78 is 26.9. The third-order valence-electron chi connectivity index (χ3n) is 3.64. The molecule has 0 spiro atoms. The second-order valence-corrected chi connectivity index (χ2v) is 10.0. The largest absolute Gasteiger partial charge is 0.449 e. The van der Waals surface area contributed by atoms with Gasteiger partial charge in [0.15, 0.2) is 6.10 Å². The van der Waals surface area contributed by atoms with Gasteiger partial charge in [0.25, 0.3) is 0 Å². The summed E-state index contributed by atoms with van der Waals surface area (Å²) in [4.78, 5) is 12.6. The van der Waals surface area contributed by atoms with Crippen LogP contribution in [0.3, 0.4) is 0 Å². The van der Waals surface area contributed by atoms with Crippen LogP contribution in [0.25, 0.3) is 0 Å². The average Bonchev–Trinajstić information content (AvgIpc) is 2.66. The van der Waals surface area contributed by atoms with Crippen molar-refractivity contribution in [3.63, 3.8) is 0 Å². The zero-order chi connectivity index (χ0) is 20.8. The predicted octanol–water partition coefficient (Wildman–Crippen LogP) is 5.85. The van der Waals surface area contributed by atoms with Crippen molar-refractivity contribution in [3.8, 4) is 0 Å². The Balaban J connectivity index is 2.23. The van der Waals surface area contributed by atoms with E-state index in [1.165, 1.54) is 24.3 Å². The molecule has 0 saturated carbocycles. The number of carbonyl (C=O) groups excluding carboxylic acids is 1. The lowest BCUT2D eigenvalue weighted by atomic mass is 10.1. The molecule has 28 heavy (non-hydrogen) atoms. The Kier molecular flexibility index (Phi) is 8.38. The molecule has 0 bridgehead atoms. The summed E-state index contributed by atoms with van der Waals surface area (Å²) in [6.07, 6.45) is -1.09. The van der Waals surface area contributed by atoms with Crippen LogP contribution in [0.1, 0.15) is 35.9 Å². The Labute approximate surface area is 179 Å². The highest BCUT2D eigenvalue weighted by molar-refractivity contribution is 7.62. The van der Waals surface area contributed by atoms with Crippen LogP contribution < -0.4 is 5.30 Å². The Bertz CT molecular complexity index is 812. The van der Waals surface area contributed by atoms with Gasteiger partial charge in [0.05, 0.1) is 24.1 Å². The summed E-state index contributed by atoms with van der Waals surface area (Å²) in [5.41, 5.74) is 0.753. The van der Waals surface area contributed by atoms with E-state index < -0.39 is 23.5 Å². The number of esters is 1. The predicted molar refractivity (Wildman–Crippen MR) is 112 cm³/mol. The van der Waals surface area contributed by atoms with Crippen molar-refractivity contribution in [2.24, 2.45) is 0 Å². The van der Waals surface area contributed by atoms with Gasteiger partial charge in [-0.3, -0.25) is 4.57 Å². The molecule has 2 rings (SSSR count). The van der Waals surface area contributed by atoms with Gasteiger partial charge in [0, 0.05) is 0 Å². The van der Waals surface area contributed by atoms with Gasteiger partial charge in [-0.2, -0.15) is 0 Å². The summed E-state index contributed by atoms with van der Waals surface area (Å²) in [6, 6.07) is 14.6. The number of hydrogen-bond donors (Lipinski definition) is 0. The topological polar surface area (TPSA) is 61.8 Å². The van der Waals surface area contributed by atoms with Crippen molar-refractivity contribution in [2.75, 3.05) is 13.2 Å². The van der Waals surface area contributed by atoms with Crippen LogP contribution in [0.5, 0.6) is 0 Å². The fourth-order valence-electron chi connectivity index (χ4n) is 2.43. The number of alkyl halides is 3. The van der Waals surface area contributed by atoms with E-state index in [-0.39, 0.29) is 18.8 Å². The van der Waals surface area contributed by atoms with Crippen LogP contribution in [0.4, 0.5) is 0 Å². The van der Waals surface area contributed by atoms with E-state index in [0.29, 0.717) is 10.9 Å². The second kappa shape index (κ2) is 10.1.